The number of halogens is 4. The molecule has 2 aromatic carbocycles. The molecule has 2 heterocycles. The maximum absolute atomic E-state index is 13.2. The Hall–Kier alpha value is -3.24. The normalized spacial score (nSPS) is 12.9. The fourth-order valence-electron chi connectivity index (χ4n) is 3.18. The van der Waals surface area contributed by atoms with Crippen LogP contribution in [0.15, 0.2) is 63.2 Å². The Morgan fingerprint density at radius 1 is 1.13 bits per heavy atom. The molecule has 0 radical (unpaired) electrons. The lowest BCUT2D eigenvalue weighted by atomic mass is 10.1. The van der Waals surface area contributed by atoms with Gasteiger partial charge in [0.05, 0.1) is 16.1 Å². The topological polar surface area (TPSA) is 88.0 Å². The number of alkyl halides is 3. The van der Waals surface area contributed by atoms with Gasteiger partial charge in [-0.25, -0.2) is 4.98 Å². The lowest BCUT2D eigenvalue weighted by molar-refractivity contribution is -0.137. The highest BCUT2D eigenvalue weighted by atomic mass is 35.5. The minimum absolute atomic E-state index is 0.222. The Labute approximate surface area is 183 Å². The van der Waals surface area contributed by atoms with Crippen molar-refractivity contribution in [3.8, 4) is 0 Å². The highest BCUT2D eigenvalue weighted by Crippen LogP contribution is 2.38. The third kappa shape index (κ3) is 4.04. The van der Waals surface area contributed by atoms with Gasteiger partial charge in [0.25, 0.3) is 0 Å². The molecule has 0 aliphatic carbocycles. The SMILES string of the molecule is CN=C(N=NN)c1ccc2c(c1)nc(Nc1ccc(Cl)c(C(F)(F)F)c1)c1ccsc12. The number of nitrogens with two attached hydrogens (primary N) is 1. The number of nitrogens with one attached hydrogen (secondary N) is 1. The van der Waals surface area contributed by atoms with Crippen LogP contribution >= 0.6 is 22.9 Å². The molecule has 0 atom stereocenters. The number of pyridine rings is 1. The number of nitrogens with zero attached hydrogens (tertiary/aromatic N) is 4. The van der Waals surface area contributed by atoms with Crippen molar-refractivity contribution in [3.05, 3.63) is 64.0 Å². The van der Waals surface area contributed by atoms with Crippen LogP contribution in [0.2, 0.25) is 5.02 Å². The number of benzene rings is 2. The van der Waals surface area contributed by atoms with Gasteiger partial charge < -0.3 is 11.2 Å². The molecule has 4 aromatic rings. The predicted octanol–water partition coefficient (Wildman–Crippen LogP) is 6.57. The molecule has 0 aliphatic rings. The summed E-state index contributed by atoms with van der Waals surface area (Å²) >= 11 is 7.24. The van der Waals surface area contributed by atoms with Gasteiger partial charge in [-0.15, -0.1) is 16.5 Å². The second-order valence-electron chi connectivity index (χ2n) is 6.44. The van der Waals surface area contributed by atoms with Gasteiger partial charge in [-0.1, -0.05) is 29.0 Å². The first-order chi connectivity index (χ1) is 14.8. The number of anilines is 2. The highest BCUT2D eigenvalue weighted by Gasteiger charge is 2.33. The molecule has 11 heteroatoms. The summed E-state index contributed by atoms with van der Waals surface area (Å²) in [4.78, 5) is 8.70. The van der Waals surface area contributed by atoms with Crippen LogP contribution in [0.3, 0.4) is 0 Å². The average molecular weight is 463 g/mol. The molecule has 6 nitrogen and oxygen atoms in total. The van der Waals surface area contributed by atoms with Crippen molar-refractivity contribution in [1.82, 2.24) is 4.98 Å². The molecular formula is C20H14ClF3N6S. The van der Waals surface area contributed by atoms with Crippen molar-refractivity contribution < 1.29 is 13.2 Å². The van der Waals surface area contributed by atoms with Crippen LogP contribution in [0.25, 0.3) is 21.0 Å². The fourth-order valence-corrected chi connectivity index (χ4v) is 4.33. The first-order valence-corrected chi connectivity index (χ1v) is 10.1. The van der Waals surface area contributed by atoms with E-state index in [2.05, 4.69) is 25.6 Å². The van der Waals surface area contributed by atoms with Crippen molar-refractivity contribution in [2.45, 2.75) is 6.18 Å². The number of amidine groups is 1. The minimum atomic E-state index is -4.56. The van der Waals surface area contributed by atoms with Gasteiger partial charge in [0.15, 0.2) is 5.84 Å². The molecule has 0 aliphatic heterocycles. The molecule has 158 valence electrons. The summed E-state index contributed by atoms with van der Waals surface area (Å²) < 4.78 is 40.6. The summed E-state index contributed by atoms with van der Waals surface area (Å²) in [6, 6.07) is 11.0. The fraction of sp³-hybridized carbons (Fsp3) is 0.100. The van der Waals surface area contributed by atoms with Gasteiger partial charge in [0.2, 0.25) is 0 Å². The summed E-state index contributed by atoms with van der Waals surface area (Å²) in [5, 5.41) is 13.3. The molecular weight excluding hydrogens is 449 g/mol. The summed E-state index contributed by atoms with van der Waals surface area (Å²) in [6.07, 6.45) is -4.56. The van der Waals surface area contributed by atoms with E-state index in [1.165, 1.54) is 23.5 Å². The van der Waals surface area contributed by atoms with Gasteiger partial charge in [-0.2, -0.15) is 13.2 Å². The van der Waals surface area contributed by atoms with Crippen molar-refractivity contribution in [3.63, 3.8) is 0 Å². The largest absolute Gasteiger partial charge is 0.417 e. The summed E-state index contributed by atoms with van der Waals surface area (Å²) in [5.74, 6) is 5.90. The van der Waals surface area contributed by atoms with Gasteiger partial charge in [-0.05, 0) is 35.7 Å². The Kier molecular flexibility index (Phi) is 5.50. The van der Waals surface area contributed by atoms with Gasteiger partial charge in [-0.3, -0.25) is 4.99 Å². The van der Waals surface area contributed by atoms with Crippen LogP contribution in [0.4, 0.5) is 24.7 Å². The first kappa shape index (κ1) is 21.0. The number of fused-ring (bicyclic) bond motifs is 3. The molecule has 0 unspecified atom stereocenters. The molecule has 3 N–H and O–H groups in total. The number of thiophene rings is 1. The van der Waals surface area contributed by atoms with Crippen LogP contribution in [0.5, 0.6) is 0 Å². The van der Waals surface area contributed by atoms with Crippen molar-refractivity contribution in [2.24, 2.45) is 21.2 Å². The van der Waals surface area contributed by atoms with E-state index in [1.54, 1.807) is 13.1 Å². The summed E-state index contributed by atoms with van der Waals surface area (Å²) in [6.45, 7) is 0. The van der Waals surface area contributed by atoms with Crippen LogP contribution in [0.1, 0.15) is 11.1 Å². The smallest absolute Gasteiger partial charge is 0.340 e. The summed E-state index contributed by atoms with van der Waals surface area (Å²) in [7, 11) is 1.57. The third-order valence-corrected chi connectivity index (χ3v) is 5.83. The van der Waals surface area contributed by atoms with Crippen molar-refractivity contribution in [1.29, 1.82) is 0 Å². The van der Waals surface area contributed by atoms with E-state index in [0.717, 1.165) is 21.5 Å². The van der Waals surface area contributed by atoms with Crippen LogP contribution in [-0.2, 0) is 6.18 Å². The van der Waals surface area contributed by atoms with E-state index < -0.39 is 11.7 Å². The Balaban J connectivity index is 1.85. The highest BCUT2D eigenvalue weighted by molar-refractivity contribution is 7.18. The monoisotopic (exact) mass is 462 g/mol. The lowest BCUT2D eigenvalue weighted by Gasteiger charge is -2.13. The predicted molar refractivity (Wildman–Crippen MR) is 118 cm³/mol. The molecule has 0 saturated carbocycles. The average Bonchev–Trinajstić information content (AvgIpc) is 3.23. The lowest BCUT2D eigenvalue weighted by Crippen LogP contribution is -2.06. The minimum Gasteiger partial charge on any atom is -0.340 e. The molecule has 0 amide bonds. The number of rotatable bonds is 3. The third-order valence-electron chi connectivity index (χ3n) is 4.55. The van der Waals surface area contributed by atoms with Gasteiger partial charge in [0, 0.05) is 33.8 Å². The Bertz CT molecular complexity index is 1350. The molecule has 31 heavy (non-hydrogen) atoms. The van der Waals surface area contributed by atoms with E-state index >= 15 is 0 Å². The standard InChI is InChI=1S/C20H14ClF3N6S/c1-26-18(29-30-25)10-2-4-12-16(8-10)28-19(13-6-7-31-17(12)13)27-11-3-5-15(21)14(9-11)20(22,23)24/h2-9H,1H3,(H,27,28)(H2,25,26,29). The van der Waals surface area contributed by atoms with Crippen LogP contribution in [0, 0.1) is 0 Å². The quantitative estimate of drug-likeness (QED) is 0.119. The maximum Gasteiger partial charge on any atom is 0.417 e. The first-order valence-electron chi connectivity index (χ1n) is 8.84. The molecule has 4 rings (SSSR count). The molecule has 0 fully saturated rings. The zero-order chi connectivity index (χ0) is 22.2. The molecule has 2 aromatic heterocycles. The summed E-state index contributed by atoms with van der Waals surface area (Å²) in [5.41, 5.74) is 0.581. The Morgan fingerprint density at radius 2 is 1.94 bits per heavy atom. The van der Waals surface area contributed by atoms with E-state index in [1.807, 2.05) is 23.6 Å². The molecule has 0 saturated heterocycles. The van der Waals surface area contributed by atoms with E-state index in [0.29, 0.717) is 22.7 Å². The maximum atomic E-state index is 13.2. The second-order valence-corrected chi connectivity index (χ2v) is 7.76. The number of aliphatic imine (C=N–C) groups is 1. The van der Waals surface area contributed by atoms with Crippen LogP contribution < -0.4 is 11.2 Å². The van der Waals surface area contributed by atoms with E-state index in [9.17, 15) is 13.2 Å². The molecule has 0 bridgehead atoms. The van der Waals surface area contributed by atoms with Crippen LogP contribution in [-0.4, -0.2) is 17.9 Å². The van der Waals surface area contributed by atoms with E-state index in [4.69, 9.17) is 17.4 Å². The Morgan fingerprint density at radius 3 is 2.65 bits per heavy atom. The van der Waals surface area contributed by atoms with E-state index in [-0.39, 0.29) is 10.7 Å². The zero-order valence-corrected chi connectivity index (χ0v) is 17.5. The number of hydrogen-bond acceptors (Lipinski definition) is 5. The second kappa shape index (κ2) is 8.12. The molecule has 0 spiro atoms. The zero-order valence-electron chi connectivity index (χ0n) is 15.9. The van der Waals surface area contributed by atoms with Crippen molar-refractivity contribution >= 4 is 61.3 Å². The van der Waals surface area contributed by atoms with Crippen molar-refractivity contribution in [2.75, 3.05) is 12.4 Å². The van der Waals surface area contributed by atoms with Gasteiger partial charge >= 0.3 is 6.18 Å². The van der Waals surface area contributed by atoms with Gasteiger partial charge in [0.1, 0.15) is 5.82 Å². The number of aromatic nitrogens is 1. The number of hydrogen-bond donors (Lipinski definition) is 2.